The zero-order chi connectivity index (χ0) is 110. The highest BCUT2D eigenvalue weighted by atomic mass is 79.9. The number of carbonyl (C=O) groups excluding carboxylic acids is 8. The standard InChI is InChI=1S/C28H32FN5O5.C27H31FN6O4.C27H31N5O4.C26H32BrN5O5/c1-28(2,3)19-5-16(6-21(11-19)30-4)17(10-25(37)38)8-24(36)15-31-26(39)18-7-22(12-23(35)9-18)34-27-32-13-20(29)14-33-27;1-27(2,3)19-5-16(6-21(10-19)29-4)17(9-24(36)37)8-23(35)15-31-25(38)18-7-22(14-30-11-18)34-26-32-12-20(28)13-33-26;1-27(2,3)20-10-18(12-22(15-20)28-4)19(14-24(34)35)13-23(33)16-31-25(36)17-6-5-7-21(11-17)32-26-29-8-9-30-26;1-26(2,3)18-4-15(5-19(27)9-18)16(8-23(35)36)7-21(33)12-29-24(37)17-6-20(11-28-10-17)32-25-30-13-22(34)14-31-25/h5-7,9,11-12,17,20,35H,8,10,13-15H2,1-3H3,(H,31,39)(H,37,38)(H2,32,33,34);5-7,10-11,14,17,20H,8-9,12-13,15H2,1-3H3,(H,31,38)(H,36,37)(H2,32,33,34);5-7,10-12,15,19H,8-9,13-14,16H2,1-3H3,(H,31,36)(H,34,35)(H2,29,30,32);4-6,9-11,16,22,34H,7-8,12-14H2,1-3H3,(H,29,37)(H,35,36)(H2,30,31,32)/t2*17-;19-;16-/m0000/s1. The second-order valence-corrected chi connectivity index (χ2v) is 41.3. The molecule has 4 aliphatic heterocycles. The number of aliphatic hydroxyl groups is 1. The summed E-state index contributed by atoms with van der Waals surface area (Å²) >= 11 is 3.50. The first-order chi connectivity index (χ1) is 70.7. The van der Waals surface area contributed by atoms with E-state index in [1.165, 1.54) is 49.1 Å². The average molecular weight is 2120 g/mol. The number of aliphatic carboxylic acids is 4. The van der Waals surface area contributed by atoms with Gasteiger partial charge in [-0.3, -0.25) is 77.5 Å². The molecule has 0 saturated carbocycles. The molecule has 12 rings (SSSR count). The van der Waals surface area contributed by atoms with Crippen LogP contribution in [0.5, 0.6) is 5.75 Å². The van der Waals surface area contributed by atoms with Crippen LogP contribution in [-0.2, 0) is 60.0 Å². The highest BCUT2D eigenvalue weighted by Gasteiger charge is 2.32. The second-order valence-electron chi connectivity index (χ2n) is 40.4. The number of anilines is 4. The number of nitrogens with one attached hydrogen (secondary N) is 12. The third-order valence-corrected chi connectivity index (χ3v) is 24.2. The molecule has 0 aliphatic carbocycles. The Labute approximate surface area is 876 Å². The molecule has 4 aliphatic rings. The highest BCUT2D eigenvalue weighted by Crippen LogP contribution is 2.39. The number of benzene rings is 6. The topological polar surface area (TPSA) is 559 Å². The van der Waals surface area contributed by atoms with Crippen molar-refractivity contribution in [2.24, 2.45) is 20.0 Å². The third-order valence-electron chi connectivity index (χ3n) is 23.7. The van der Waals surface area contributed by atoms with Gasteiger partial charge in [0.05, 0.1) is 152 Å². The maximum atomic E-state index is 13.3. The largest absolute Gasteiger partial charge is 0.508 e. The number of halogens is 3. The SMILES string of the molecule is CC(C)(C)c1cc(Br)cc([C@H](CC(=O)O)CC(=O)CNC(=O)c2cncc(NC3=NCC(O)CN3)c2)c1.[C-]#[N+]c1cc([C@H](CC(=O)O)CC(=O)CNC(=O)c2cc(O)cc(NC3=NCC(F)CN3)c2)cc(C(C)(C)C)c1.[C-]#[N+]c1cc([C@H](CC(=O)O)CC(=O)CNC(=O)c2cccc(NC3=NCCN3)c2)cc(C(C)(C)C)c1.[C-]#[N+]c1cc([C@H](CC(=O)O)CC(=O)CNC(=O)c2cncc(NC3=NCC(F)CN3)c2)cc(C(C)(C)C)c1. The Hall–Kier alpha value is -16.3. The fraction of sp³-hybridized carbons (Fsp3) is 0.398. The van der Waals surface area contributed by atoms with Gasteiger partial charge in [-0.25, -0.2) is 33.3 Å². The van der Waals surface area contributed by atoms with Crippen molar-refractivity contribution in [2.45, 2.75) is 198 Å². The van der Waals surface area contributed by atoms with E-state index in [0.29, 0.717) is 99.0 Å². The van der Waals surface area contributed by atoms with Crippen LogP contribution in [0, 0.1) is 19.7 Å². The van der Waals surface area contributed by atoms with E-state index in [4.69, 9.17) is 19.7 Å². The Morgan fingerprint density at radius 1 is 0.380 bits per heavy atom. The Balaban J connectivity index is 0.000000222. The number of alkyl halides is 2. The first-order valence-electron chi connectivity index (χ1n) is 48.2. The van der Waals surface area contributed by atoms with Gasteiger partial charge in [-0.15, -0.1) is 0 Å². The molecule has 150 heavy (non-hydrogen) atoms. The normalized spacial score (nSPS) is 15.4. The van der Waals surface area contributed by atoms with E-state index in [9.17, 15) is 97.0 Å². The number of hydrogen-bond donors (Lipinski definition) is 18. The molecule has 0 bridgehead atoms. The lowest BCUT2D eigenvalue weighted by Crippen LogP contribution is -2.42. The number of aliphatic imine (C=N–C) groups is 4. The monoisotopic (exact) mass is 2120 g/mol. The molecule has 0 spiro atoms. The van der Waals surface area contributed by atoms with E-state index in [-0.39, 0.29) is 178 Å². The van der Waals surface area contributed by atoms with Gasteiger partial charge in [-0.1, -0.05) is 199 Å². The molecular weight excluding hydrogens is 2000 g/mol. The summed E-state index contributed by atoms with van der Waals surface area (Å²) in [6.45, 7) is 47.6. The number of hydrogen-bond acceptors (Lipinski definition) is 28. The van der Waals surface area contributed by atoms with Crippen molar-refractivity contribution in [1.82, 2.24) is 52.5 Å². The zero-order valence-corrected chi connectivity index (χ0v) is 86.9. The summed E-state index contributed by atoms with van der Waals surface area (Å²) in [5, 5.41) is 91.2. The number of amides is 4. The van der Waals surface area contributed by atoms with Gasteiger partial charge in [0.1, 0.15) is 18.1 Å². The number of guanidine groups is 4. The molecule has 4 amide bonds. The van der Waals surface area contributed by atoms with E-state index < -0.39 is 89.6 Å². The van der Waals surface area contributed by atoms with Crippen LogP contribution in [0.15, 0.2) is 177 Å². The molecule has 3 unspecified atom stereocenters. The van der Waals surface area contributed by atoms with Crippen molar-refractivity contribution < 1.29 is 97.0 Å². The number of Topliss-reactive ketones (excluding diaryl/α,β-unsaturated/α-hetero) is 4. The van der Waals surface area contributed by atoms with E-state index >= 15 is 0 Å². The number of carbonyl (C=O) groups is 12. The van der Waals surface area contributed by atoms with Crippen LogP contribution in [0.4, 0.5) is 48.6 Å². The van der Waals surface area contributed by atoms with Crippen molar-refractivity contribution in [1.29, 1.82) is 0 Å². The van der Waals surface area contributed by atoms with Gasteiger partial charge < -0.3 is 94.4 Å². The average Bonchev–Trinajstić information content (AvgIpc) is 1.70. The number of phenols is 1. The number of rotatable bonds is 36. The van der Waals surface area contributed by atoms with Crippen LogP contribution in [0.3, 0.4) is 0 Å². The fourth-order valence-electron chi connectivity index (χ4n) is 15.6. The maximum Gasteiger partial charge on any atom is 0.303 e. The summed E-state index contributed by atoms with van der Waals surface area (Å²) in [6, 6.07) is 35.5. The highest BCUT2D eigenvalue weighted by molar-refractivity contribution is 9.10. The van der Waals surface area contributed by atoms with Crippen LogP contribution in [0.25, 0.3) is 14.5 Å². The number of β-amino-alcohol motifs (C(OH)–C–C–N with tert-alkyl or cyclic N) is 1. The van der Waals surface area contributed by atoms with Gasteiger partial charge in [-0.05, 0) is 87.4 Å². The summed E-state index contributed by atoms with van der Waals surface area (Å²) in [5.74, 6) is -8.42. The van der Waals surface area contributed by atoms with Gasteiger partial charge >= 0.3 is 23.9 Å². The van der Waals surface area contributed by atoms with Crippen molar-refractivity contribution in [2.75, 3.05) is 99.8 Å². The molecule has 39 nitrogen and oxygen atoms in total. The third kappa shape index (κ3) is 38.8. The lowest BCUT2D eigenvalue weighted by molar-refractivity contribution is -0.138. The summed E-state index contributed by atoms with van der Waals surface area (Å²) < 4.78 is 27.3. The predicted octanol–water partition coefficient (Wildman–Crippen LogP) is 14.2. The number of carboxylic acids is 4. The number of aromatic nitrogens is 2. The summed E-state index contributed by atoms with van der Waals surface area (Å²) in [6.07, 6.45) is 1.63. The molecule has 0 fully saturated rings. The number of aliphatic hydroxyl groups excluding tert-OH is 1. The van der Waals surface area contributed by atoms with Crippen molar-refractivity contribution >= 4 is 150 Å². The predicted molar refractivity (Wildman–Crippen MR) is 569 cm³/mol. The van der Waals surface area contributed by atoms with Crippen molar-refractivity contribution in [3.63, 3.8) is 0 Å². The molecule has 2 aromatic heterocycles. The molecule has 7 atom stereocenters. The van der Waals surface area contributed by atoms with Crippen LogP contribution in [0.2, 0.25) is 0 Å². The number of ketones is 4. The van der Waals surface area contributed by atoms with E-state index in [1.807, 2.05) is 105 Å². The van der Waals surface area contributed by atoms with Crippen molar-refractivity contribution in [3.05, 3.63) is 258 Å². The Morgan fingerprint density at radius 2 is 0.707 bits per heavy atom. The van der Waals surface area contributed by atoms with Gasteiger partial charge in [0.15, 0.2) is 64.0 Å². The molecule has 6 aromatic carbocycles. The van der Waals surface area contributed by atoms with Gasteiger partial charge in [0.2, 0.25) is 0 Å². The lowest BCUT2D eigenvalue weighted by atomic mass is 9.82. The molecule has 792 valence electrons. The maximum absolute atomic E-state index is 13.3. The molecule has 18 N–H and O–H groups in total. The van der Waals surface area contributed by atoms with E-state index in [2.05, 4.69) is 145 Å². The Kier molecular flexibility index (Phi) is 42.5. The number of nitrogens with zero attached hydrogens (tertiary/aromatic N) is 9. The summed E-state index contributed by atoms with van der Waals surface area (Å²) in [4.78, 5) is 183. The minimum absolute atomic E-state index is 0.00777. The molecular formula is C108H126BrF2N21O18. The second kappa shape index (κ2) is 54.4. The zero-order valence-electron chi connectivity index (χ0n) is 85.4. The van der Waals surface area contributed by atoms with Crippen LogP contribution >= 0.6 is 15.9 Å². The first-order valence-corrected chi connectivity index (χ1v) is 49.0. The Bertz CT molecular complexity index is 6580. The van der Waals surface area contributed by atoms with E-state index in [0.717, 1.165) is 38.8 Å². The molecule has 0 radical (unpaired) electrons. The summed E-state index contributed by atoms with van der Waals surface area (Å²) in [7, 11) is 0. The van der Waals surface area contributed by atoms with Crippen molar-refractivity contribution in [3.8, 4) is 5.75 Å². The van der Waals surface area contributed by atoms with Gasteiger partial charge in [0.25, 0.3) is 23.6 Å². The van der Waals surface area contributed by atoms with Crippen LogP contribution in [0.1, 0.15) is 244 Å². The first kappa shape index (κ1) is 117. The smallest absolute Gasteiger partial charge is 0.303 e. The molecule has 42 heteroatoms. The van der Waals surface area contributed by atoms with E-state index in [1.54, 1.807) is 60.7 Å². The number of phenolic OH excluding ortho intramolecular Hbond substituents is 1. The number of carboxylic acid groups (broad SMARTS) is 4. The van der Waals surface area contributed by atoms with Gasteiger partial charge in [-0.2, -0.15) is 0 Å². The van der Waals surface area contributed by atoms with Crippen LogP contribution in [-0.4, -0.2) is 232 Å². The van der Waals surface area contributed by atoms with Gasteiger partial charge in [0, 0.05) is 108 Å². The molecule has 8 aromatic rings. The minimum atomic E-state index is -1.09. The molecule has 0 saturated heterocycles. The Morgan fingerprint density at radius 3 is 1.05 bits per heavy atom. The summed E-state index contributed by atoms with van der Waals surface area (Å²) in [5.41, 5.74) is 9.35. The lowest BCUT2D eigenvalue weighted by Gasteiger charge is -2.23. The number of pyridine rings is 2. The quantitative estimate of drug-likeness (QED) is 0.0162. The number of aromatic hydroxyl groups is 1. The minimum Gasteiger partial charge on any atom is -0.508 e. The van der Waals surface area contributed by atoms with Crippen LogP contribution < -0.4 is 63.8 Å². The fourth-order valence-corrected chi connectivity index (χ4v) is 16.1. The molecule has 6 heterocycles.